The third kappa shape index (κ3) is 3.67. The second-order valence-corrected chi connectivity index (χ2v) is 6.30. The van der Waals surface area contributed by atoms with Crippen molar-refractivity contribution in [2.45, 2.75) is 13.3 Å². The van der Waals surface area contributed by atoms with Crippen molar-refractivity contribution in [3.05, 3.63) is 61.5 Å². The number of carboxylic acid groups (broad SMARTS) is 1. The van der Waals surface area contributed by atoms with Crippen molar-refractivity contribution in [3.8, 4) is 0 Å². The Labute approximate surface area is 162 Å². The second-order valence-electron chi connectivity index (χ2n) is 4.86. The summed E-state index contributed by atoms with van der Waals surface area (Å²) < 4.78 is 0. The summed E-state index contributed by atoms with van der Waals surface area (Å²) in [5.41, 5.74) is 1.06. The minimum absolute atomic E-state index is 0. The third-order valence-electron chi connectivity index (χ3n) is 3.30. The fourth-order valence-corrected chi connectivity index (χ4v) is 3.57. The standard InChI is InChI=1S/C15H11ClN2O3S.Na.H/c1-7-11-13(19)17-10(6-8-3-2-4-9(16)5-8)18-14(11)22-12(7)15(20)21;;/h2-5H,6H2,1H3,(H,20,21)(H,17,18,19);;. The fraction of sp³-hybridized carbons (Fsp3) is 0.133. The SMILES string of the molecule is Cc1c(C(=O)O)sc2nc(Cc3cccc(Cl)c3)[nH]c(=O)c12.[NaH]. The van der Waals surface area contributed by atoms with E-state index < -0.39 is 5.97 Å². The van der Waals surface area contributed by atoms with Crippen LogP contribution in [0.2, 0.25) is 5.02 Å². The maximum absolute atomic E-state index is 12.2. The molecule has 2 heterocycles. The molecule has 1 aromatic carbocycles. The fourth-order valence-electron chi connectivity index (χ4n) is 2.32. The second kappa shape index (κ2) is 7.15. The number of hydrogen-bond donors (Lipinski definition) is 2. The van der Waals surface area contributed by atoms with Crippen LogP contribution in [0.25, 0.3) is 10.2 Å². The van der Waals surface area contributed by atoms with Gasteiger partial charge in [-0.05, 0) is 30.2 Å². The van der Waals surface area contributed by atoms with Gasteiger partial charge in [-0.3, -0.25) is 4.79 Å². The van der Waals surface area contributed by atoms with Crippen molar-refractivity contribution >= 4 is 68.7 Å². The van der Waals surface area contributed by atoms with E-state index in [1.165, 1.54) is 0 Å². The molecule has 0 radical (unpaired) electrons. The van der Waals surface area contributed by atoms with E-state index in [-0.39, 0.29) is 40.0 Å². The van der Waals surface area contributed by atoms with Gasteiger partial charge in [0.25, 0.3) is 5.56 Å². The van der Waals surface area contributed by atoms with Crippen LogP contribution in [-0.2, 0) is 6.42 Å². The van der Waals surface area contributed by atoms with Gasteiger partial charge >= 0.3 is 35.5 Å². The van der Waals surface area contributed by atoms with Gasteiger partial charge in [0.05, 0.1) is 5.39 Å². The molecule has 0 atom stereocenters. The van der Waals surface area contributed by atoms with Crippen LogP contribution in [0.15, 0.2) is 29.1 Å². The Morgan fingerprint density at radius 1 is 1.43 bits per heavy atom. The number of aromatic carboxylic acids is 1. The van der Waals surface area contributed by atoms with Gasteiger partial charge in [0.1, 0.15) is 15.5 Å². The molecule has 2 aromatic heterocycles. The van der Waals surface area contributed by atoms with Gasteiger partial charge in [-0.25, -0.2) is 9.78 Å². The first-order valence-electron chi connectivity index (χ1n) is 6.45. The Morgan fingerprint density at radius 3 is 2.83 bits per heavy atom. The molecule has 0 saturated heterocycles. The molecule has 0 spiro atoms. The van der Waals surface area contributed by atoms with E-state index in [4.69, 9.17) is 16.7 Å². The van der Waals surface area contributed by atoms with Crippen LogP contribution >= 0.6 is 22.9 Å². The van der Waals surface area contributed by atoms with Crippen molar-refractivity contribution < 1.29 is 9.90 Å². The summed E-state index contributed by atoms with van der Waals surface area (Å²) in [5, 5.41) is 10.1. The molecule has 0 bridgehead atoms. The Morgan fingerprint density at radius 2 is 2.17 bits per heavy atom. The number of carbonyl (C=O) groups is 1. The van der Waals surface area contributed by atoms with Crippen LogP contribution in [-0.4, -0.2) is 50.6 Å². The predicted molar refractivity (Wildman–Crippen MR) is 93.3 cm³/mol. The summed E-state index contributed by atoms with van der Waals surface area (Å²) in [4.78, 5) is 31.1. The quantitative estimate of drug-likeness (QED) is 0.705. The molecule has 23 heavy (non-hydrogen) atoms. The normalized spacial score (nSPS) is 10.5. The minimum atomic E-state index is -1.05. The van der Waals surface area contributed by atoms with Crippen molar-refractivity contribution in [1.29, 1.82) is 0 Å². The summed E-state index contributed by atoms with van der Waals surface area (Å²) >= 11 is 6.96. The molecule has 2 N–H and O–H groups in total. The molecular weight excluding hydrogens is 347 g/mol. The average Bonchev–Trinajstić information content (AvgIpc) is 2.76. The van der Waals surface area contributed by atoms with Crippen LogP contribution in [0.5, 0.6) is 0 Å². The number of hydrogen-bond acceptors (Lipinski definition) is 4. The third-order valence-corrected chi connectivity index (χ3v) is 4.71. The van der Waals surface area contributed by atoms with E-state index in [0.717, 1.165) is 16.9 Å². The number of nitrogens with one attached hydrogen (secondary N) is 1. The zero-order chi connectivity index (χ0) is 15.9. The monoisotopic (exact) mass is 358 g/mol. The molecular formula is C15H12ClN2NaO3S. The molecule has 0 fully saturated rings. The number of aromatic amines is 1. The van der Waals surface area contributed by atoms with Crippen LogP contribution in [0.1, 0.15) is 26.6 Å². The first-order valence-corrected chi connectivity index (χ1v) is 7.65. The Hall–Kier alpha value is -1.18. The Kier molecular flexibility index (Phi) is 5.65. The molecule has 3 rings (SSSR count). The number of thiophene rings is 1. The van der Waals surface area contributed by atoms with Crippen LogP contribution < -0.4 is 5.56 Å². The van der Waals surface area contributed by atoms with Gasteiger partial charge in [0, 0.05) is 11.4 Å². The number of benzene rings is 1. The van der Waals surface area contributed by atoms with Crippen molar-refractivity contribution in [3.63, 3.8) is 0 Å². The molecule has 0 unspecified atom stereocenters. The van der Waals surface area contributed by atoms with Crippen LogP contribution in [0, 0.1) is 6.92 Å². The molecule has 5 nitrogen and oxygen atoms in total. The first kappa shape index (κ1) is 18.2. The zero-order valence-electron chi connectivity index (χ0n) is 11.5. The van der Waals surface area contributed by atoms with E-state index in [1.54, 1.807) is 19.1 Å². The molecule has 8 heteroatoms. The average molecular weight is 359 g/mol. The van der Waals surface area contributed by atoms with E-state index in [9.17, 15) is 9.59 Å². The predicted octanol–water partition coefficient (Wildman–Crippen LogP) is 2.59. The van der Waals surface area contributed by atoms with E-state index in [1.807, 2.05) is 12.1 Å². The van der Waals surface area contributed by atoms with Crippen LogP contribution in [0.3, 0.4) is 0 Å². The van der Waals surface area contributed by atoms with Crippen LogP contribution in [0.4, 0.5) is 0 Å². The van der Waals surface area contributed by atoms with Gasteiger partial charge < -0.3 is 10.1 Å². The number of aryl methyl sites for hydroxylation is 1. The van der Waals surface area contributed by atoms with Crippen molar-refractivity contribution in [2.75, 3.05) is 0 Å². The molecule has 0 aliphatic carbocycles. The molecule has 0 aliphatic heterocycles. The number of carboxylic acids is 1. The summed E-state index contributed by atoms with van der Waals surface area (Å²) in [5.74, 6) is -0.561. The van der Waals surface area contributed by atoms with Gasteiger partial charge in [0.15, 0.2) is 0 Å². The molecule has 0 aliphatic rings. The molecule has 3 aromatic rings. The number of aromatic nitrogens is 2. The molecule has 0 amide bonds. The van der Waals surface area contributed by atoms with Gasteiger partial charge in [-0.15, -0.1) is 11.3 Å². The Balaban J connectivity index is 0.00000192. The summed E-state index contributed by atoms with van der Waals surface area (Å²) in [6.45, 7) is 1.62. The number of fused-ring (bicyclic) bond motifs is 1. The number of H-pyrrole nitrogens is 1. The van der Waals surface area contributed by atoms with Gasteiger partial charge in [-0.1, -0.05) is 23.7 Å². The zero-order valence-corrected chi connectivity index (χ0v) is 13.1. The molecule has 0 saturated carbocycles. The molecule has 114 valence electrons. The van der Waals surface area contributed by atoms with E-state index in [0.29, 0.717) is 33.0 Å². The van der Waals surface area contributed by atoms with Gasteiger partial charge in [-0.2, -0.15) is 0 Å². The summed E-state index contributed by atoms with van der Waals surface area (Å²) in [7, 11) is 0. The first-order chi connectivity index (χ1) is 10.5. The van der Waals surface area contributed by atoms with E-state index >= 15 is 0 Å². The maximum atomic E-state index is 12.2. The Bertz CT molecular complexity index is 952. The summed E-state index contributed by atoms with van der Waals surface area (Å²) in [6, 6.07) is 7.28. The number of halogens is 1. The number of rotatable bonds is 3. The van der Waals surface area contributed by atoms with Crippen molar-refractivity contribution in [1.82, 2.24) is 9.97 Å². The number of nitrogens with zero attached hydrogens (tertiary/aromatic N) is 1. The topological polar surface area (TPSA) is 83.0 Å². The summed E-state index contributed by atoms with van der Waals surface area (Å²) in [6.07, 6.45) is 0.422. The van der Waals surface area contributed by atoms with Crippen molar-refractivity contribution in [2.24, 2.45) is 0 Å². The van der Waals surface area contributed by atoms with Gasteiger partial charge in [0.2, 0.25) is 0 Å². The van der Waals surface area contributed by atoms with E-state index in [2.05, 4.69) is 9.97 Å².